The van der Waals surface area contributed by atoms with Crippen LogP contribution in [0.25, 0.3) is 0 Å². The summed E-state index contributed by atoms with van der Waals surface area (Å²) in [5.41, 5.74) is 0. The Morgan fingerprint density at radius 2 is 1.05 bits per heavy atom. The summed E-state index contributed by atoms with van der Waals surface area (Å²) < 4.78 is 0. The Bertz CT molecular complexity index is 167. The molecule has 0 aromatic heterocycles. The summed E-state index contributed by atoms with van der Waals surface area (Å²) in [7, 11) is 0. The van der Waals surface area contributed by atoms with Crippen LogP contribution in [0.1, 0.15) is 110 Å². The van der Waals surface area contributed by atoms with Crippen LogP contribution in [0, 0.1) is 6.92 Å². The van der Waals surface area contributed by atoms with Gasteiger partial charge in [0.25, 0.3) is 0 Å². The number of aliphatic hydroxyl groups is 1. The highest BCUT2D eigenvalue weighted by atomic mass is 16.3. The molecule has 0 rings (SSSR count). The van der Waals surface area contributed by atoms with Crippen molar-refractivity contribution in [3.63, 3.8) is 0 Å². The van der Waals surface area contributed by atoms with Crippen molar-refractivity contribution >= 4 is 0 Å². The van der Waals surface area contributed by atoms with E-state index in [4.69, 9.17) is 0 Å². The van der Waals surface area contributed by atoms with Crippen molar-refractivity contribution in [2.24, 2.45) is 0 Å². The predicted octanol–water partition coefficient (Wildman–Crippen LogP) is 6.44. The van der Waals surface area contributed by atoms with Crippen LogP contribution in [0.15, 0.2) is 0 Å². The van der Waals surface area contributed by atoms with Crippen LogP contribution in [0.3, 0.4) is 0 Å². The first kappa shape index (κ1) is 20.0. The second-order valence-electron chi connectivity index (χ2n) is 6.33. The Kier molecular flexibility index (Phi) is 17.0. The summed E-state index contributed by atoms with van der Waals surface area (Å²) in [6.45, 7) is 6.11. The normalized spacial score (nSPS) is 12.8. The van der Waals surface area contributed by atoms with Gasteiger partial charge in [-0.1, -0.05) is 104 Å². The summed E-state index contributed by atoms with van der Waals surface area (Å²) in [5, 5.41) is 9.87. The molecule has 0 bridgehead atoms. The van der Waals surface area contributed by atoms with Crippen molar-refractivity contribution < 1.29 is 5.11 Å². The maximum absolute atomic E-state index is 9.87. The van der Waals surface area contributed by atoms with E-state index in [2.05, 4.69) is 13.8 Å². The van der Waals surface area contributed by atoms with Gasteiger partial charge in [0, 0.05) is 0 Å². The third-order valence-corrected chi connectivity index (χ3v) is 4.18. The summed E-state index contributed by atoms with van der Waals surface area (Å²) in [4.78, 5) is 0. The van der Waals surface area contributed by atoms with Crippen molar-refractivity contribution in [1.82, 2.24) is 0 Å². The minimum Gasteiger partial charge on any atom is -0.393 e. The molecule has 0 heterocycles. The largest absolute Gasteiger partial charge is 0.393 e. The molecule has 0 fully saturated rings. The van der Waals surface area contributed by atoms with Gasteiger partial charge in [-0.15, -0.1) is 0 Å². The first-order chi connectivity index (χ1) is 9.81. The van der Waals surface area contributed by atoms with Gasteiger partial charge >= 0.3 is 0 Å². The predicted molar refractivity (Wildman–Crippen MR) is 90.9 cm³/mol. The maximum atomic E-state index is 9.87. The van der Waals surface area contributed by atoms with E-state index in [1.54, 1.807) is 0 Å². The monoisotopic (exact) mass is 283 g/mol. The molecule has 0 saturated heterocycles. The number of rotatable bonds is 16. The molecule has 0 amide bonds. The summed E-state index contributed by atoms with van der Waals surface area (Å²) in [6, 6.07) is 0. The molecule has 121 valence electrons. The van der Waals surface area contributed by atoms with Crippen molar-refractivity contribution in [2.75, 3.05) is 0 Å². The number of hydrogen-bond acceptors (Lipinski definition) is 1. The van der Waals surface area contributed by atoms with E-state index in [-0.39, 0.29) is 6.10 Å². The second-order valence-corrected chi connectivity index (χ2v) is 6.33. The average Bonchev–Trinajstić information content (AvgIpc) is 2.45. The molecule has 0 spiro atoms. The molecule has 1 unspecified atom stereocenters. The van der Waals surface area contributed by atoms with Crippen LogP contribution >= 0.6 is 0 Å². The van der Waals surface area contributed by atoms with Crippen molar-refractivity contribution in [3.05, 3.63) is 6.92 Å². The molecule has 0 saturated carbocycles. The van der Waals surface area contributed by atoms with Gasteiger partial charge in [-0.2, -0.15) is 0 Å². The molecule has 1 nitrogen and oxygen atoms in total. The standard InChI is InChI=1S/C19H39O/c1-3-5-7-9-10-11-12-13-14-16-18-19(20)17-15-8-6-4-2/h19-20H,1,3-18H2,2H3. The molecule has 0 aliphatic heterocycles. The zero-order chi connectivity index (χ0) is 14.9. The fourth-order valence-corrected chi connectivity index (χ4v) is 2.75. The zero-order valence-corrected chi connectivity index (χ0v) is 14.0. The fourth-order valence-electron chi connectivity index (χ4n) is 2.75. The minimum atomic E-state index is -0.0329. The lowest BCUT2D eigenvalue weighted by Crippen LogP contribution is -2.05. The lowest BCUT2D eigenvalue weighted by Gasteiger charge is -2.10. The first-order valence-corrected chi connectivity index (χ1v) is 9.28. The molecule has 0 aliphatic carbocycles. The van der Waals surface area contributed by atoms with Gasteiger partial charge in [0.2, 0.25) is 0 Å². The molecule has 1 N–H and O–H groups in total. The quantitative estimate of drug-likeness (QED) is 0.323. The van der Waals surface area contributed by atoms with Crippen molar-refractivity contribution in [2.45, 2.75) is 116 Å². The number of hydrogen-bond donors (Lipinski definition) is 1. The van der Waals surface area contributed by atoms with E-state index in [1.807, 2.05) is 0 Å². The van der Waals surface area contributed by atoms with E-state index in [0.717, 1.165) is 19.3 Å². The Hall–Kier alpha value is -0.0400. The van der Waals surface area contributed by atoms with Crippen LogP contribution in [0.4, 0.5) is 0 Å². The lowest BCUT2D eigenvalue weighted by atomic mass is 10.0. The minimum absolute atomic E-state index is 0.0329. The zero-order valence-electron chi connectivity index (χ0n) is 14.0. The van der Waals surface area contributed by atoms with Gasteiger partial charge in [0.1, 0.15) is 0 Å². The summed E-state index contributed by atoms with van der Waals surface area (Å²) >= 11 is 0. The third-order valence-electron chi connectivity index (χ3n) is 4.18. The van der Waals surface area contributed by atoms with Crippen LogP contribution in [0.2, 0.25) is 0 Å². The molecular weight excluding hydrogens is 244 g/mol. The first-order valence-electron chi connectivity index (χ1n) is 9.28. The van der Waals surface area contributed by atoms with Gasteiger partial charge in [-0.25, -0.2) is 0 Å². The lowest BCUT2D eigenvalue weighted by molar-refractivity contribution is 0.147. The van der Waals surface area contributed by atoms with Crippen molar-refractivity contribution in [1.29, 1.82) is 0 Å². The highest BCUT2D eigenvalue weighted by Crippen LogP contribution is 2.14. The fraction of sp³-hybridized carbons (Fsp3) is 0.947. The number of aliphatic hydroxyl groups excluding tert-OH is 1. The topological polar surface area (TPSA) is 20.2 Å². The van der Waals surface area contributed by atoms with Crippen LogP contribution in [0.5, 0.6) is 0 Å². The maximum Gasteiger partial charge on any atom is 0.0540 e. The van der Waals surface area contributed by atoms with Crippen LogP contribution < -0.4 is 0 Å². The van der Waals surface area contributed by atoms with E-state index in [1.165, 1.54) is 83.5 Å². The molecule has 0 aromatic rings. The third kappa shape index (κ3) is 16.0. The smallest absolute Gasteiger partial charge is 0.0540 e. The molecule has 1 radical (unpaired) electrons. The van der Waals surface area contributed by atoms with Crippen LogP contribution in [-0.4, -0.2) is 11.2 Å². The highest BCUT2D eigenvalue weighted by molar-refractivity contribution is 4.57. The van der Waals surface area contributed by atoms with Gasteiger partial charge in [-0.3, -0.25) is 0 Å². The van der Waals surface area contributed by atoms with Gasteiger partial charge in [-0.05, 0) is 12.8 Å². The molecule has 1 heteroatoms. The van der Waals surface area contributed by atoms with Gasteiger partial charge < -0.3 is 5.11 Å². The Labute approximate surface area is 128 Å². The molecule has 0 aliphatic rings. The Morgan fingerprint density at radius 1 is 0.650 bits per heavy atom. The van der Waals surface area contributed by atoms with E-state index < -0.39 is 0 Å². The van der Waals surface area contributed by atoms with E-state index in [9.17, 15) is 5.11 Å². The summed E-state index contributed by atoms with van der Waals surface area (Å²) in [6.07, 6.45) is 20.4. The molecule has 1 atom stereocenters. The molecule has 0 aromatic carbocycles. The Morgan fingerprint density at radius 3 is 1.50 bits per heavy atom. The Balaban J connectivity index is 3.07. The molecular formula is C19H39O. The average molecular weight is 284 g/mol. The van der Waals surface area contributed by atoms with Crippen LogP contribution in [-0.2, 0) is 0 Å². The van der Waals surface area contributed by atoms with E-state index >= 15 is 0 Å². The molecule has 20 heavy (non-hydrogen) atoms. The van der Waals surface area contributed by atoms with Crippen molar-refractivity contribution in [3.8, 4) is 0 Å². The second kappa shape index (κ2) is 17.0. The van der Waals surface area contributed by atoms with Gasteiger partial charge in [0.05, 0.1) is 6.10 Å². The van der Waals surface area contributed by atoms with E-state index in [0.29, 0.717) is 0 Å². The number of unbranched alkanes of at least 4 members (excludes halogenated alkanes) is 12. The SMILES string of the molecule is [CH2]CCCCCCCCCCCC(O)CCCCCC. The van der Waals surface area contributed by atoms with Gasteiger partial charge in [0.15, 0.2) is 0 Å². The highest BCUT2D eigenvalue weighted by Gasteiger charge is 2.03. The summed E-state index contributed by atoms with van der Waals surface area (Å²) in [5.74, 6) is 0.